The number of aliphatic hydroxyl groups excluding tert-OH is 1. The zero-order chi connectivity index (χ0) is 16.8. The van der Waals surface area contributed by atoms with Crippen LogP contribution in [0.25, 0.3) is 0 Å². The number of ether oxygens (including phenoxy) is 1. The lowest BCUT2D eigenvalue weighted by atomic mass is 10.1. The molecule has 1 amide bonds. The number of hydrogen-bond acceptors (Lipinski definition) is 4. The number of anilines is 1. The van der Waals surface area contributed by atoms with E-state index in [0.29, 0.717) is 22.6 Å². The van der Waals surface area contributed by atoms with E-state index >= 15 is 0 Å². The zero-order valence-electron chi connectivity index (χ0n) is 13.0. The average Bonchev–Trinajstić information content (AvgIpc) is 2.57. The number of nitriles is 1. The van der Waals surface area contributed by atoms with Gasteiger partial charge in [-0.2, -0.15) is 5.26 Å². The smallest absolute Gasteiger partial charge is 0.265 e. The van der Waals surface area contributed by atoms with E-state index in [0.717, 1.165) is 5.56 Å². The van der Waals surface area contributed by atoms with Gasteiger partial charge < -0.3 is 15.2 Å². The Morgan fingerprint density at radius 1 is 1.35 bits per heavy atom. The first-order valence-electron chi connectivity index (χ1n) is 7.22. The van der Waals surface area contributed by atoms with Gasteiger partial charge in [-0.05, 0) is 43.2 Å². The SMILES string of the molecule is Cc1ccc(CO)cc1NC(=O)C(C)Oc1ccccc1C#N. The molecule has 0 radical (unpaired) electrons. The first-order valence-corrected chi connectivity index (χ1v) is 7.22. The van der Waals surface area contributed by atoms with E-state index in [9.17, 15) is 9.90 Å². The third-order valence-electron chi connectivity index (χ3n) is 3.42. The van der Waals surface area contributed by atoms with Gasteiger partial charge in [-0.3, -0.25) is 4.79 Å². The molecule has 0 fully saturated rings. The van der Waals surface area contributed by atoms with Crippen molar-refractivity contribution in [3.05, 3.63) is 59.2 Å². The molecule has 0 heterocycles. The summed E-state index contributed by atoms with van der Waals surface area (Å²) in [5.41, 5.74) is 2.62. The van der Waals surface area contributed by atoms with Crippen LogP contribution in [0.5, 0.6) is 5.75 Å². The van der Waals surface area contributed by atoms with E-state index in [2.05, 4.69) is 5.32 Å². The lowest BCUT2D eigenvalue weighted by Crippen LogP contribution is -2.30. The molecule has 118 valence electrons. The van der Waals surface area contributed by atoms with E-state index in [1.807, 2.05) is 19.1 Å². The van der Waals surface area contributed by atoms with E-state index in [-0.39, 0.29) is 12.5 Å². The van der Waals surface area contributed by atoms with Crippen LogP contribution in [-0.2, 0) is 11.4 Å². The quantitative estimate of drug-likeness (QED) is 0.889. The molecule has 2 N–H and O–H groups in total. The molecule has 0 spiro atoms. The van der Waals surface area contributed by atoms with Crippen LogP contribution in [-0.4, -0.2) is 17.1 Å². The molecule has 0 saturated carbocycles. The van der Waals surface area contributed by atoms with Gasteiger partial charge in [0.15, 0.2) is 6.10 Å². The predicted octanol–water partition coefficient (Wildman–Crippen LogP) is 2.77. The topological polar surface area (TPSA) is 82.3 Å². The minimum absolute atomic E-state index is 0.0925. The van der Waals surface area contributed by atoms with Crippen molar-refractivity contribution in [1.82, 2.24) is 0 Å². The van der Waals surface area contributed by atoms with Gasteiger partial charge in [0.05, 0.1) is 12.2 Å². The number of hydrogen-bond donors (Lipinski definition) is 2. The van der Waals surface area contributed by atoms with Gasteiger partial charge in [-0.1, -0.05) is 24.3 Å². The van der Waals surface area contributed by atoms with Crippen LogP contribution >= 0.6 is 0 Å². The van der Waals surface area contributed by atoms with Gasteiger partial charge in [0.2, 0.25) is 0 Å². The molecule has 0 aliphatic heterocycles. The second-order valence-corrected chi connectivity index (χ2v) is 5.16. The van der Waals surface area contributed by atoms with Crippen LogP contribution < -0.4 is 10.1 Å². The van der Waals surface area contributed by atoms with E-state index < -0.39 is 6.10 Å². The number of aliphatic hydroxyl groups is 1. The van der Waals surface area contributed by atoms with Crippen molar-refractivity contribution in [1.29, 1.82) is 5.26 Å². The van der Waals surface area contributed by atoms with Crippen LogP contribution in [0.1, 0.15) is 23.6 Å². The molecule has 23 heavy (non-hydrogen) atoms. The largest absolute Gasteiger partial charge is 0.480 e. The van der Waals surface area contributed by atoms with Crippen LogP contribution in [0, 0.1) is 18.3 Å². The molecular formula is C18H18N2O3. The Kier molecular flexibility index (Phi) is 5.34. The van der Waals surface area contributed by atoms with Crippen LogP contribution in [0.15, 0.2) is 42.5 Å². The maximum absolute atomic E-state index is 12.3. The summed E-state index contributed by atoms with van der Waals surface area (Å²) in [5, 5.41) is 21.0. The zero-order valence-corrected chi connectivity index (χ0v) is 13.0. The highest BCUT2D eigenvalue weighted by Crippen LogP contribution is 2.20. The molecular weight excluding hydrogens is 292 g/mol. The fraction of sp³-hybridized carbons (Fsp3) is 0.222. The Morgan fingerprint density at radius 2 is 2.09 bits per heavy atom. The number of para-hydroxylation sites is 1. The average molecular weight is 310 g/mol. The summed E-state index contributed by atoms with van der Waals surface area (Å²) in [5.74, 6) is 0.0504. The summed E-state index contributed by atoms with van der Waals surface area (Å²) in [6, 6.07) is 14.2. The molecule has 2 aromatic carbocycles. The molecule has 0 bridgehead atoms. The number of nitrogens with zero attached hydrogens (tertiary/aromatic N) is 1. The van der Waals surface area contributed by atoms with Crippen LogP contribution in [0.3, 0.4) is 0 Å². The lowest BCUT2D eigenvalue weighted by molar-refractivity contribution is -0.122. The van der Waals surface area contributed by atoms with Crippen LogP contribution in [0.4, 0.5) is 5.69 Å². The normalized spacial score (nSPS) is 11.4. The van der Waals surface area contributed by atoms with Gasteiger partial charge in [0.25, 0.3) is 5.91 Å². The van der Waals surface area contributed by atoms with Crippen molar-refractivity contribution >= 4 is 11.6 Å². The molecule has 1 atom stereocenters. The van der Waals surface area contributed by atoms with Crippen molar-refractivity contribution in [2.45, 2.75) is 26.6 Å². The van der Waals surface area contributed by atoms with Crippen molar-refractivity contribution in [2.75, 3.05) is 5.32 Å². The third-order valence-corrected chi connectivity index (χ3v) is 3.42. The summed E-state index contributed by atoms with van der Waals surface area (Å²) in [4.78, 5) is 12.3. The van der Waals surface area contributed by atoms with E-state index in [4.69, 9.17) is 10.00 Å². The van der Waals surface area contributed by atoms with Crippen molar-refractivity contribution in [3.8, 4) is 11.8 Å². The van der Waals surface area contributed by atoms with Gasteiger partial charge >= 0.3 is 0 Å². The molecule has 0 aliphatic rings. The molecule has 0 saturated heterocycles. The third kappa shape index (κ3) is 4.09. The Bertz CT molecular complexity index is 750. The summed E-state index contributed by atoms with van der Waals surface area (Å²) in [6.07, 6.45) is -0.762. The summed E-state index contributed by atoms with van der Waals surface area (Å²) in [6.45, 7) is 3.40. The van der Waals surface area contributed by atoms with Gasteiger partial charge in [-0.15, -0.1) is 0 Å². The number of rotatable bonds is 5. The fourth-order valence-corrected chi connectivity index (χ4v) is 2.04. The Hall–Kier alpha value is -2.84. The second-order valence-electron chi connectivity index (χ2n) is 5.16. The molecule has 5 nitrogen and oxygen atoms in total. The van der Waals surface area contributed by atoms with Gasteiger partial charge in [0, 0.05) is 5.69 Å². The van der Waals surface area contributed by atoms with Crippen molar-refractivity contribution < 1.29 is 14.6 Å². The van der Waals surface area contributed by atoms with E-state index in [1.165, 1.54) is 0 Å². The van der Waals surface area contributed by atoms with Gasteiger partial charge in [0.1, 0.15) is 11.8 Å². The number of nitrogens with one attached hydrogen (secondary N) is 1. The Labute approximate surface area is 135 Å². The van der Waals surface area contributed by atoms with Crippen LogP contribution in [0.2, 0.25) is 0 Å². The lowest BCUT2D eigenvalue weighted by Gasteiger charge is -2.16. The number of amides is 1. The summed E-state index contributed by atoms with van der Waals surface area (Å²) >= 11 is 0. The van der Waals surface area contributed by atoms with E-state index in [1.54, 1.807) is 43.3 Å². The fourth-order valence-electron chi connectivity index (χ4n) is 2.04. The Balaban J connectivity index is 2.10. The highest BCUT2D eigenvalue weighted by molar-refractivity contribution is 5.94. The van der Waals surface area contributed by atoms with Crippen molar-refractivity contribution in [3.63, 3.8) is 0 Å². The molecule has 2 aromatic rings. The highest BCUT2D eigenvalue weighted by atomic mass is 16.5. The molecule has 1 unspecified atom stereocenters. The number of carbonyl (C=O) groups is 1. The summed E-state index contributed by atoms with van der Waals surface area (Å²) in [7, 11) is 0. The van der Waals surface area contributed by atoms with Gasteiger partial charge in [-0.25, -0.2) is 0 Å². The first kappa shape index (κ1) is 16.5. The molecule has 2 rings (SSSR count). The Morgan fingerprint density at radius 3 is 2.78 bits per heavy atom. The highest BCUT2D eigenvalue weighted by Gasteiger charge is 2.17. The predicted molar refractivity (Wildman–Crippen MR) is 87.0 cm³/mol. The minimum atomic E-state index is -0.762. The number of carbonyl (C=O) groups excluding carboxylic acids is 1. The second kappa shape index (κ2) is 7.43. The monoisotopic (exact) mass is 310 g/mol. The minimum Gasteiger partial charge on any atom is -0.480 e. The number of benzene rings is 2. The maximum Gasteiger partial charge on any atom is 0.265 e. The summed E-state index contributed by atoms with van der Waals surface area (Å²) < 4.78 is 5.58. The molecule has 5 heteroatoms. The molecule has 0 aromatic heterocycles. The standard InChI is InChI=1S/C18H18N2O3/c1-12-7-8-14(11-21)9-16(12)20-18(22)13(2)23-17-6-4-3-5-15(17)10-19/h3-9,13,21H,11H2,1-2H3,(H,20,22). The maximum atomic E-state index is 12.3. The number of aryl methyl sites for hydroxylation is 1. The first-order chi connectivity index (χ1) is 11.0. The van der Waals surface area contributed by atoms with Crippen molar-refractivity contribution in [2.24, 2.45) is 0 Å². The molecule has 0 aliphatic carbocycles.